The first-order valence-corrected chi connectivity index (χ1v) is 16.2. The average Bonchev–Trinajstić information content (AvgIpc) is 3.40. The molecule has 0 aromatic heterocycles. The van der Waals surface area contributed by atoms with Gasteiger partial charge in [0.25, 0.3) is 0 Å². The molecule has 0 unspecified atom stereocenters. The summed E-state index contributed by atoms with van der Waals surface area (Å²) in [5.74, 6) is 4.23. The quantitative estimate of drug-likeness (QED) is 0.128. The normalized spacial score (nSPS) is 35.1. The van der Waals surface area contributed by atoms with Crippen LogP contribution in [0.5, 0.6) is 0 Å². The van der Waals surface area contributed by atoms with E-state index >= 15 is 0 Å². The molecule has 4 aliphatic rings. The van der Waals surface area contributed by atoms with Crippen LogP contribution in [0.3, 0.4) is 0 Å². The second kappa shape index (κ2) is 12.0. The zero-order chi connectivity index (χ0) is 28.5. The minimum absolute atomic E-state index is 0.158. The number of oxime groups is 1. The highest BCUT2D eigenvalue weighted by Gasteiger charge is 2.62. The lowest BCUT2D eigenvalue weighted by atomic mass is 9.52. The summed E-state index contributed by atoms with van der Waals surface area (Å²) in [6.45, 7) is 12.4. The average molecular weight is 563 g/mol. The van der Waals surface area contributed by atoms with Crippen molar-refractivity contribution in [2.75, 3.05) is 5.32 Å². The summed E-state index contributed by atoms with van der Waals surface area (Å²) in [6.07, 6.45) is 14.2. The van der Waals surface area contributed by atoms with E-state index in [0.717, 1.165) is 48.4 Å². The molecule has 0 saturated heterocycles. The summed E-state index contributed by atoms with van der Waals surface area (Å²) < 4.78 is 0. The van der Waals surface area contributed by atoms with Crippen LogP contribution in [0, 0.1) is 46.3 Å². The Morgan fingerprint density at radius 3 is 2.58 bits per heavy atom. The fraction of sp³-hybridized carbons (Fsp3) is 0.676. The third-order valence-electron chi connectivity index (χ3n) is 11.5. The molecular formula is C34H50N4OS. The molecule has 7 atom stereocenters. The van der Waals surface area contributed by atoms with Gasteiger partial charge < -0.3 is 10.5 Å². The molecule has 6 heteroatoms. The Balaban J connectivity index is 1.40. The molecule has 3 N–H and O–H groups in total. The largest absolute Gasteiger partial charge is 0.411 e. The molecule has 1 aromatic rings. The van der Waals surface area contributed by atoms with Crippen molar-refractivity contribution in [3.63, 3.8) is 0 Å². The minimum atomic E-state index is 0.158. The fourth-order valence-electron chi connectivity index (χ4n) is 9.49. The summed E-state index contributed by atoms with van der Waals surface area (Å²) >= 11 is 5.55. The molecule has 0 bridgehead atoms. The van der Waals surface area contributed by atoms with E-state index in [2.05, 4.69) is 56.7 Å². The highest BCUT2D eigenvalue weighted by atomic mass is 32.1. The van der Waals surface area contributed by atoms with Crippen molar-refractivity contribution in [3.8, 4) is 0 Å². The maximum Gasteiger partial charge on any atom is 0.191 e. The van der Waals surface area contributed by atoms with Gasteiger partial charge in [-0.15, -0.1) is 0 Å². The number of fused-ring (bicyclic) bond motifs is 5. The van der Waals surface area contributed by atoms with Gasteiger partial charge in [-0.05, 0) is 115 Å². The lowest BCUT2D eigenvalue weighted by molar-refractivity contribution is -0.0122. The summed E-state index contributed by atoms with van der Waals surface area (Å²) in [6, 6.07) is 9.97. The number of nitrogens with one attached hydrogen (secondary N) is 2. The SMILES string of the molecule is CC(C)CCC[C@@H](C)[C@H]1CC[C@H]2[C@@H]3C(/C=N/NC(=S)Nc4ccccc4)=C4C/C(=N\O)CC[C@]4(C)[C@H]3CC[C@]12C. The Morgan fingerprint density at radius 2 is 1.85 bits per heavy atom. The lowest BCUT2D eigenvalue weighted by Crippen LogP contribution is -2.45. The minimum Gasteiger partial charge on any atom is -0.411 e. The predicted octanol–water partition coefficient (Wildman–Crippen LogP) is 8.81. The van der Waals surface area contributed by atoms with E-state index in [4.69, 9.17) is 17.3 Å². The van der Waals surface area contributed by atoms with Crippen molar-refractivity contribution in [1.82, 2.24) is 5.43 Å². The molecule has 218 valence electrons. The molecule has 5 rings (SSSR count). The van der Waals surface area contributed by atoms with E-state index < -0.39 is 0 Å². The summed E-state index contributed by atoms with van der Waals surface area (Å²) in [5.41, 5.74) is 8.35. The van der Waals surface area contributed by atoms with Crippen molar-refractivity contribution in [2.45, 2.75) is 98.8 Å². The Hall–Kier alpha value is -2.21. The number of anilines is 1. The summed E-state index contributed by atoms with van der Waals surface area (Å²) in [5, 5.41) is 21.9. The number of nitrogens with zero attached hydrogens (tertiary/aromatic N) is 2. The smallest absolute Gasteiger partial charge is 0.191 e. The highest BCUT2D eigenvalue weighted by molar-refractivity contribution is 7.80. The van der Waals surface area contributed by atoms with E-state index in [1.807, 2.05) is 30.3 Å². The van der Waals surface area contributed by atoms with Gasteiger partial charge in [-0.1, -0.05) is 82.8 Å². The van der Waals surface area contributed by atoms with Gasteiger partial charge in [0.05, 0.1) is 11.9 Å². The van der Waals surface area contributed by atoms with Crippen LogP contribution >= 0.6 is 12.2 Å². The van der Waals surface area contributed by atoms with Gasteiger partial charge in [0.15, 0.2) is 5.11 Å². The Kier molecular flexibility index (Phi) is 8.75. The molecule has 5 nitrogen and oxygen atoms in total. The molecular weight excluding hydrogens is 512 g/mol. The molecule has 40 heavy (non-hydrogen) atoms. The first kappa shape index (κ1) is 29.3. The molecule has 4 aliphatic carbocycles. The number of rotatable bonds is 8. The molecule has 3 fully saturated rings. The van der Waals surface area contributed by atoms with Crippen molar-refractivity contribution in [1.29, 1.82) is 0 Å². The van der Waals surface area contributed by atoms with Crippen LogP contribution in [-0.4, -0.2) is 22.2 Å². The third kappa shape index (κ3) is 5.49. The monoisotopic (exact) mass is 562 g/mol. The Morgan fingerprint density at radius 1 is 1.07 bits per heavy atom. The van der Waals surface area contributed by atoms with E-state index in [-0.39, 0.29) is 5.41 Å². The van der Waals surface area contributed by atoms with Crippen LogP contribution in [0.1, 0.15) is 98.8 Å². The first-order valence-electron chi connectivity index (χ1n) is 15.8. The van der Waals surface area contributed by atoms with Gasteiger partial charge in [-0.25, -0.2) is 0 Å². The van der Waals surface area contributed by atoms with Crippen LogP contribution in [0.15, 0.2) is 51.7 Å². The number of hydrogen-bond acceptors (Lipinski definition) is 4. The maximum absolute atomic E-state index is 9.71. The van der Waals surface area contributed by atoms with Gasteiger partial charge in [0.1, 0.15) is 0 Å². The third-order valence-corrected chi connectivity index (χ3v) is 11.7. The van der Waals surface area contributed by atoms with Crippen LogP contribution in [0.2, 0.25) is 0 Å². The molecule has 3 saturated carbocycles. The number of allylic oxidation sites excluding steroid dienone is 2. The van der Waals surface area contributed by atoms with Crippen molar-refractivity contribution in [2.24, 2.45) is 56.6 Å². The summed E-state index contributed by atoms with van der Waals surface area (Å²) in [7, 11) is 0. The van der Waals surface area contributed by atoms with Gasteiger partial charge >= 0.3 is 0 Å². The van der Waals surface area contributed by atoms with Crippen molar-refractivity contribution < 1.29 is 5.21 Å². The molecule has 0 amide bonds. The molecule has 0 spiro atoms. The van der Waals surface area contributed by atoms with E-state index in [1.54, 1.807) is 0 Å². The fourth-order valence-corrected chi connectivity index (χ4v) is 9.66. The first-order chi connectivity index (χ1) is 19.2. The van der Waals surface area contributed by atoms with E-state index in [0.29, 0.717) is 28.3 Å². The van der Waals surface area contributed by atoms with Crippen molar-refractivity contribution >= 4 is 34.9 Å². The van der Waals surface area contributed by atoms with Crippen LogP contribution in [-0.2, 0) is 0 Å². The Bertz CT molecular complexity index is 1160. The standard InChI is InChI=1S/C34H50N4OS/c1-22(2)10-9-11-23(3)27-14-15-28-31-26(21-35-37-32(40)36-24-12-7-6-8-13-24)30-20-25(38-39)16-18-34(30,5)29(31)17-19-33(27,28)4/h6-8,12-13,21-23,27-29,31,39H,9-11,14-20H2,1-5H3,(H2,36,37,40)/b35-21+,38-25-/t23-,27-,28+,29+,31+,33-,34-/m1/s1. The van der Waals surface area contributed by atoms with Gasteiger partial charge in [-0.2, -0.15) is 5.10 Å². The van der Waals surface area contributed by atoms with Gasteiger partial charge in [0.2, 0.25) is 0 Å². The molecule has 0 heterocycles. The number of hydrazone groups is 1. The zero-order valence-corrected chi connectivity index (χ0v) is 26.1. The lowest BCUT2D eigenvalue weighted by Gasteiger charge is -2.52. The predicted molar refractivity (Wildman–Crippen MR) is 171 cm³/mol. The van der Waals surface area contributed by atoms with Gasteiger partial charge in [-0.3, -0.25) is 5.43 Å². The van der Waals surface area contributed by atoms with E-state index in [9.17, 15) is 5.21 Å². The van der Waals surface area contributed by atoms with Crippen LogP contribution in [0.25, 0.3) is 0 Å². The highest BCUT2D eigenvalue weighted by Crippen LogP contribution is 2.69. The summed E-state index contributed by atoms with van der Waals surface area (Å²) in [4.78, 5) is 0. The molecule has 0 radical (unpaired) electrons. The van der Waals surface area contributed by atoms with Crippen LogP contribution in [0.4, 0.5) is 5.69 Å². The topological polar surface area (TPSA) is 69.0 Å². The second-order valence-corrected chi connectivity index (χ2v) is 14.6. The number of hydrogen-bond donors (Lipinski definition) is 3. The number of thiocarbonyl (C=S) groups is 1. The Labute approximate surface area is 247 Å². The molecule has 0 aliphatic heterocycles. The zero-order valence-electron chi connectivity index (χ0n) is 25.2. The molecule has 1 aromatic carbocycles. The second-order valence-electron chi connectivity index (χ2n) is 14.2. The van der Waals surface area contributed by atoms with Crippen molar-refractivity contribution in [3.05, 3.63) is 41.5 Å². The number of benzene rings is 1. The van der Waals surface area contributed by atoms with E-state index in [1.165, 1.54) is 56.1 Å². The van der Waals surface area contributed by atoms with Gasteiger partial charge in [0, 0.05) is 12.1 Å². The van der Waals surface area contributed by atoms with Crippen LogP contribution < -0.4 is 10.7 Å². The maximum atomic E-state index is 9.71. The number of para-hydroxylation sites is 1.